The summed E-state index contributed by atoms with van der Waals surface area (Å²) in [5.41, 5.74) is 10.3. The first-order valence-electron chi connectivity index (χ1n) is 17.1. The fraction of sp³-hybridized carbons (Fsp3) is 0. The van der Waals surface area contributed by atoms with E-state index in [9.17, 15) is 20.1 Å². The molecule has 8 aromatic rings. The molecule has 7 nitrogen and oxygen atoms in total. The summed E-state index contributed by atoms with van der Waals surface area (Å²) in [5, 5.41) is 37.1. The van der Waals surface area contributed by atoms with E-state index in [1.165, 1.54) is 0 Å². The maximum absolute atomic E-state index is 9.27. The first-order chi connectivity index (χ1) is 26.4. The van der Waals surface area contributed by atoms with E-state index in [0.29, 0.717) is 10.9 Å². The quantitative estimate of drug-likeness (QED) is 0.109. The van der Waals surface area contributed by atoms with Crippen LogP contribution >= 0.6 is 0 Å². The van der Waals surface area contributed by atoms with Gasteiger partial charge in [-0.1, -0.05) is 84.9 Å². The normalized spacial score (nSPS) is 10.0. The minimum absolute atomic E-state index is 0. The van der Waals surface area contributed by atoms with Crippen LogP contribution in [0.2, 0.25) is 0 Å². The van der Waals surface area contributed by atoms with Gasteiger partial charge in [0.15, 0.2) is 0 Å². The van der Waals surface area contributed by atoms with E-state index in [-0.39, 0.29) is 20.1 Å². The van der Waals surface area contributed by atoms with Crippen LogP contribution in [-0.2, 0) is 20.1 Å². The van der Waals surface area contributed by atoms with Crippen molar-refractivity contribution in [1.29, 1.82) is 0 Å². The summed E-state index contributed by atoms with van der Waals surface area (Å²) in [7, 11) is -2.93. The minimum atomic E-state index is -1.46. The van der Waals surface area contributed by atoms with Gasteiger partial charge in [0.25, 0.3) is 0 Å². The Morgan fingerprint density at radius 3 is 1.15 bits per heavy atom. The molecule has 0 atom stereocenters. The fourth-order valence-electron chi connectivity index (χ4n) is 5.46. The maximum Gasteiger partial charge on any atom is 3.00 e. The van der Waals surface area contributed by atoms with Gasteiger partial charge in [-0.15, -0.1) is 107 Å². The van der Waals surface area contributed by atoms with Crippen molar-refractivity contribution in [1.82, 2.24) is 15.0 Å². The van der Waals surface area contributed by atoms with Crippen LogP contribution in [0, 0.1) is 18.2 Å². The Labute approximate surface area is 335 Å². The minimum Gasteiger partial charge on any atom is -0.423 e. The summed E-state index contributed by atoms with van der Waals surface area (Å²) in [6.45, 7) is 0. The zero-order chi connectivity index (χ0) is 37.5. The van der Waals surface area contributed by atoms with Crippen LogP contribution in [0.4, 0.5) is 0 Å². The summed E-state index contributed by atoms with van der Waals surface area (Å²) in [6.07, 6.45) is 5.29. The van der Waals surface area contributed by atoms with E-state index in [4.69, 9.17) is 0 Å². The molecular formula is C45H34B2IrN3O4. The van der Waals surface area contributed by atoms with E-state index in [2.05, 4.69) is 33.2 Å². The Kier molecular flexibility index (Phi) is 15.1. The molecule has 0 bridgehead atoms. The molecule has 0 saturated carbocycles. The molecular weight excluding hydrogens is 860 g/mol. The zero-order valence-corrected chi connectivity index (χ0v) is 31.8. The molecule has 0 saturated heterocycles. The first kappa shape index (κ1) is 40.4. The topological polar surface area (TPSA) is 120 Å². The van der Waals surface area contributed by atoms with Gasteiger partial charge in [0, 0.05) is 18.6 Å². The van der Waals surface area contributed by atoms with Gasteiger partial charge in [-0.25, -0.2) is 0 Å². The number of aromatic nitrogens is 3. The zero-order valence-electron chi connectivity index (χ0n) is 29.4. The second-order valence-electron chi connectivity index (χ2n) is 11.9. The monoisotopic (exact) mass is 895 g/mol. The number of hydrogen-bond donors (Lipinski definition) is 4. The molecule has 3 aromatic heterocycles. The van der Waals surface area contributed by atoms with Crippen molar-refractivity contribution in [2.24, 2.45) is 0 Å². The van der Waals surface area contributed by atoms with Crippen molar-refractivity contribution in [3.8, 4) is 56.0 Å². The summed E-state index contributed by atoms with van der Waals surface area (Å²) in [6, 6.07) is 60.6. The van der Waals surface area contributed by atoms with Crippen LogP contribution in [0.1, 0.15) is 0 Å². The van der Waals surface area contributed by atoms with Gasteiger partial charge < -0.3 is 35.0 Å². The third kappa shape index (κ3) is 11.6. The number of benzene rings is 5. The molecule has 5 aromatic carbocycles. The molecule has 0 fully saturated rings. The Morgan fingerprint density at radius 2 is 0.764 bits per heavy atom. The van der Waals surface area contributed by atoms with Gasteiger partial charge in [0.1, 0.15) is 0 Å². The molecule has 0 radical (unpaired) electrons. The van der Waals surface area contributed by atoms with Crippen LogP contribution in [0.3, 0.4) is 0 Å². The second kappa shape index (κ2) is 20.6. The average molecular weight is 895 g/mol. The van der Waals surface area contributed by atoms with Crippen molar-refractivity contribution in [3.63, 3.8) is 0 Å². The van der Waals surface area contributed by atoms with Crippen LogP contribution in [0.25, 0.3) is 56.0 Å². The Bertz CT molecular complexity index is 2190. The van der Waals surface area contributed by atoms with Gasteiger partial charge in [0.05, 0.1) is 0 Å². The van der Waals surface area contributed by atoms with Crippen molar-refractivity contribution in [2.45, 2.75) is 0 Å². The molecule has 0 aliphatic rings. The predicted molar refractivity (Wildman–Crippen MR) is 216 cm³/mol. The SMILES string of the molecule is OB(O)c1cccc(-c2cc[c-]c(-c3ccccn3)c2)c1.OB(O)c1cccc(-c2cc[c-]c(-c3ccccn3)c2)c1.[Ir+3].[c-]1ccccc1-c1ccccn1. The summed E-state index contributed by atoms with van der Waals surface area (Å²) in [4.78, 5) is 12.9. The molecule has 0 aliphatic carbocycles. The number of nitrogens with zero attached hydrogens (tertiary/aromatic N) is 3. The number of rotatable bonds is 7. The molecule has 3 heterocycles. The third-order valence-electron chi connectivity index (χ3n) is 8.17. The predicted octanol–water partition coefficient (Wildman–Crippen LogP) is 6.34. The fourth-order valence-corrected chi connectivity index (χ4v) is 5.46. The van der Waals surface area contributed by atoms with Crippen molar-refractivity contribution < 1.29 is 40.2 Å². The summed E-state index contributed by atoms with van der Waals surface area (Å²) < 4.78 is 0. The van der Waals surface area contributed by atoms with Crippen molar-refractivity contribution >= 4 is 25.2 Å². The summed E-state index contributed by atoms with van der Waals surface area (Å²) in [5.74, 6) is 0. The molecule has 0 amide bonds. The molecule has 55 heavy (non-hydrogen) atoms. The van der Waals surface area contributed by atoms with Crippen molar-refractivity contribution in [3.05, 3.63) is 201 Å². The van der Waals surface area contributed by atoms with Crippen LogP contribution in [0.15, 0.2) is 182 Å². The van der Waals surface area contributed by atoms with E-state index in [1.54, 1.807) is 55.0 Å². The molecule has 0 spiro atoms. The van der Waals surface area contributed by atoms with Gasteiger partial charge in [-0.2, -0.15) is 0 Å². The number of pyridine rings is 3. The molecule has 10 heteroatoms. The van der Waals surface area contributed by atoms with Crippen LogP contribution < -0.4 is 10.9 Å². The molecule has 8 rings (SSSR count). The van der Waals surface area contributed by atoms with Crippen molar-refractivity contribution in [2.75, 3.05) is 0 Å². The second-order valence-corrected chi connectivity index (χ2v) is 11.9. The van der Waals surface area contributed by atoms with Crippen LogP contribution in [0.5, 0.6) is 0 Å². The van der Waals surface area contributed by atoms with E-state index < -0.39 is 14.2 Å². The van der Waals surface area contributed by atoms with Crippen LogP contribution in [-0.4, -0.2) is 49.3 Å². The Hall–Kier alpha value is -5.83. The maximum atomic E-state index is 9.27. The Balaban J connectivity index is 0.000000163. The Morgan fingerprint density at radius 1 is 0.364 bits per heavy atom. The molecule has 268 valence electrons. The third-order valence-corrected chi connectivity index (χ3v) is 8.17. The van der Waals surface area contributed by atoms with E-state index in [1.807, 2.05) is 127 Å². The van der Waals surface area contributed by atoms with E-state index >= 15 is 0 Å². The van der Waals surface area contributed by atoms with Gasteiger partial charge in [-0.05, 0) is 57.3 Å². The van der Waals surface area contributed by atoms with Gasteiger partial charge in [0.2, 0.25) is 0 Å². The van der Waals surface area contributed by atoms with E-state index in [0.717, 1.165) is 56.0 Å². The van der Waals surface area contributed by atoms with Gasteiger partial charge in [-0.3, -0.25) is 0 Å². The smallest absolute Gasteiger partial charge is 0.423 e. The average Bonchev–Trinajstić information content (AvgIpc) is 3.25. The molecule has 0 aliphatic heterocycles. The summed E-state index contributed by atoms with van der Waals surface area (Å²) >= 11 is 0. The molecule has 4 N–H and O–H groups in total. The standard InChI is InChI=1S/2C17H13BNO2.C11H8N.Ir/c2*20-18(21)16-8-4-6-14(12-16)13-5-3-7-15(11-13)17-9-1-2-10-19-17;1-2-6-10(7-3-1)11-8-4-5-9-12-11;/h2*1-6,8-12,20-21H;1-6,8-9H;/q3*-1;+3. The first-order valence-corrected chi connectivity index (χ1v) is 17.1. The number of hydrogen-bond acceptors (Lipinski definition) is 7. The molecule has 0 unspecified atom stereocenters. The largest absolute Gasteiger partial charge is 3.00 e. The van der Waals surface area contributed by atoms with Gasteiger partial charge >= 0.3 is 34.3 Å².